The number of rotatable bonds is 5. The quantitative estimate of drug-likeness (QED) is 0.793. The summed E-state index contributed by atoms with van der Waals surface area (Å²) in [7, 11) is -1.75. The highest BCUT2D eigenvalue weighted by Crippen LogP contribution is 2.63. The molecule has 0 unspecified atom stereocenters. The van der Waals surface area contributed by atoms with Crippen LogP contribution in [0, 0.1) is 5.41 Å². The fraction of sp³-hybridized carbons (Fsp3) is 0.462. The SMILES string of the molecule is COC[C@@]1(C(N)=S)[C@@H](c2ccc(Br)cc2)[C@@H]1S(C)(=O)=O. The van der Waals surface area contributed by atoms with Gasteiger partial charge in [-0.25, -0.2) is 8.42 Å². The Bertz CT molecular complexity index is 630. The van der Waals surface area contributed by atoms with Crippen LogP contribution in [0.5, 0.6) is 0 Å². The second-order valence-electron chi connectivity index (χ2n) is 5.12. The van der Waals surface area contributed by atoms with Crippen molar-refractivity contribution in [1.82, 2.24) is 0 Å². The van der Waals surface area contributed by atoms with Gasteiger partial charge in [0.05, 0.1) is 22.3 Å². The molecule has 0 spiro atoms. The summed E-state index contributed by atoms with van der Waals surface area (Å²) in [4.78, 5) is 0.197. The topological polar surface area (TPSA) is 69.4 Å². The van der Waals surface area contributed by atoms with Crippen molar-refractivity contribution >= 4 is 43.0 Å². The molecule has 4 nitrogen and oxygen atoms in total. The Balaban J connectivity index is 2.49. The Morgan fingerprint density at radius 1 is 1.45 bits per heavy atom. The highest BCUT2D eigenvalue weighted by Gasteiger charge is 2.71. The molecule has 0 bridgehead atoms. The molecule has 0 aromatic heterocycles. The molecule has 0 amide bonds. The monoisotopic (exact) mass is 377 g/mol. The molecule has 7 heteroatoms. The summed E-state index contributed by atoms with van der Waals surface area (Å²) in [5, 5.41) is -0.617. The molecule has 0 heterocycles. The normalized spacial score (nSPS) is 29.1. The molecule has 1 aliphatic carbocycles. The average molecular weight is 378 g/mol. The second kappa shape index (κ2) is 5.36. The molecule has 2 rings (SSSR count). The van der Waals surface area contributed by atoms with E-state index in [9.17, 15) is 8.42 Å². The summed E-state index contributed by atoms with van der Waals surface area (Å²) in [5.74, 6) is -0.247. The van der Waals surface area contributed by atoms with Gasteiger partial charge in [0.2, 0.25) is 0 Å². The van der Waals surface area contributed by atoms with E-state index in [2.05, 4.69) is 15.9 Å². The molecule has 1 fully saturated rings. The Morgan fingerprint density at radius 2 is 2.00 bits per heavy atom. The molecule has 2 N–H and O–H groups in total. The van der Waals surface area contributed by atoms with Gasteiger partial charge in [-0.1, -0.05) is 40.3 Å². The van der Waals surface area contributed by atoms with Crippen LogP contribution in [0.4, 0.5) is 0 Å². The number of sulfone groups is 1. The highest BCUT2D eigenvalue weighted by molar-refractivity contribution is 9.10. The van der Waals surface area contributed by atoms with Gasteiger partial charge in [-0.2, -0.15) is 0 Å². The lowest BCUT2D eigenvalue weighted by atomic mass is 10.00. The summed E-state index contributed by atoms with van der Waals surface area (Å²) in [6.45, 7) is 0.209. The third-order valence-electron chi connectivity index (χ3n) is 3.79. The maximum atomic E-state index is 12.1. The van der Waals surface area contributed by atoms with Gasteiger partial charge < -0.3 is 10.5 Å². The summed E-state index contributed by atoms with van der Waals surface area (Å²) < 4.78 is 30.2. The van der Waals surface area contributed by atoms with E-state index in [-0.39, 0.29) is 17.5 Å². The minimum atomic E-state index is -3.27. The van der Waals surface area contributed by atoms with E-state index >= 15 is 0 Å². The number of ether oxygens (including phenoxy) is 1. The number of nitrogens with two attached hydrogens (primary N) is 1. The van der Waals surface area contributed by atoms with E-state index in [0.29, 0.717) is 0 Å². The molecule has 0 radical (unpaired) electrons. The van der Waals surface area contributed by atoms with Crippen LogP contribution < -0.4 is 5.73 Å². The van der Waals surface area contributed by atoms with Crippen molar-refractivity contribution in [3.05, 3.63) is 34.3 Å². The standard InChI is InChI=1S/C13H16BrNO3S2/c1-18-7-13(12(15)19)10(11(13)20(2,16)17)8-3-5-9(14)6-4-8/h3-6,10-11H,7H2,1-2H3,(H2,15,19)/t10-,11-,13+/m0/s1. The summed E-state index contributed by atoms with van der Waals surface area (Å²) >= 11 is 8.50. The molecule has 3 atom stereocenters. The molecule has 0 saturated heterocycles. The Hall–Kier alpha value is -0.500. The van der Waals surface area contributed by atoms with Crippen molar-refractivity contribution in [1.29, 1.82) is 0 Å². The molecule has 1 aromatic carbocycles. The first-order valence-corrected chi connectivity index (χ1v) is 9.14. The Kier molecular flexibility index (Phi) is 4.26. The number of benzene rings is 1. The van der Waals surface area contributed by atoms with E-state index in [1.165, 1.54) is 13.4 Å². The van der Waals surface area contributed by atoms with Crippen molar-refractivity contribution in [2.75, 3.05) is 20.0 Å². The first-order chi connectivity index (χ1) is 9.25. The van der Waals surface area contributed by atoms with E-state index in [1.54, 1.807) is 0 Å². The van der Waals surface area contributed by atoms with Gasteiger partial charge >= 0.3 is 0 Å². The molecular weight excluding hydrogens is 362 g/mol. The van der Waals surface area contributed by atoms with Crippen molar-refractivity contribution < 1.29 is 13.2 Å². The lowest BCUT2D eigenvalue weighted by molar-refractivity contribution is 0.166. The summed E-state index contributed by atoms with van der Waals surface area (Å²) in [5.41, 5.74) is 5.95. The number of hydrogen-bond donors (Lipinski definition) is 1. The minimum absolute atomic E-state index is 0.197. The van der Waals surface area contributed by atoms with E-state index in [4.69, 9.17) is 22.7 Å². The first kappa shape index (κ1) is 15.9. The van der Waals surface area contributed by atoms with Gasteiger partial charge in [0.15, 0.2) is 9.84 Å². The van der Waals surface area contributed by atoms with Crippen LogP contribution in [-0.4, -0.2) is 38.6 Å². The zero-order chi connectivity index (χ0) is 15.1. The van der Waals surface area contributed by atoms with Crippen molar-refractivity contribution in [3.63, 3.8) is 0 Å². The summed E-state index contributed by atoms with van der Waals surface area (Å²) in [6, 6.07) is 7.54. The maximum absolute atomic E-state index is 12.1. The van der Waals surface area contributed by atoms with Crippen LogP contribution in [-0.2, 0) is 14.6 Å². The zero-order valence-electron chi connectivity index (χ0n) is 11.2. The van der Waals surface area contributed by atoms with E-state index in [0.717, 1.165) is 10.0 Å². The fourth-order valence-corrected chi connectivity index (χ4v) is 5.52. The van der Waals surface area contributed by atoms with Crippen molar-refractivity contribution in [2.45, 2.75) is 11.2 Å². The van der Waals surface area contributed by atoms with E-state index < -0.39 is 20.5 Å². The molecule has 1 saturated carbocycles. The minimum Gasteiger partial charge on any atom is -0.393 e. The highest BCUT2D eigenvalue weighted by atomic mass is 79.9. The van der Waals surface area contributed by atoms with Crippen LogP contribution in [0.25, 0.3) is 0 Å². The van der Waals surface area contributed by atoms with Crippen LogP contribution in [0.3, 0.4) is 0 Å². The average Bonchev–Trinajstić information content (AvgIpc) is 3.01. The Morgan fingerprint density at radius 3 is 2.40 bits per heavy atom. The molecule has 110 valence electrons. The van der Waals surface area contributed by atoms with E-state index in [1.807, 2.05) is 24.3 Å². The second-order valence-corrected chi connectivity index (χ2v) is 8.64. The number of thiocarbonyl (C=S) groups is 1. The molecular formula is C13H16BrNO3S2. The zero-order valence-corrected chi connectivity index (χ0v) is 14.4. The third-order valence-corrected chi connectivity index (χ3v) is 6.31. The molecule has 1 aromatic rings. The van der Waals surface area contributed by atoms with Gasteiger partial charge in [0, 0.05) is 23.8 Å². The van der Waals surface area contributed by atoms with Crippen LogP contribution >= 0.6 is 28.1 Å². The predicted molar refractivity (Wildman–Crippen MR) is 86.6 cm³/mol. The van der Waals surface area contributed by atoms with Crippen LogP contribution in [0.2, 0.25) is 0 Å². The van der Waals surface area contributed by atoms with Gasteiger partial charge in [-0.05, 0) is 17.7 Å². The first-order valence-electron chi connectivity index (χ1n) is 5.98. The molecule has 1 aliphatic rings. The number of halogens is 1. The fourth-order valence-electron chi connectivity index (χ4n) is 2.95. The predicted octanol–water partition coefficient (Wildman–Crippen LogP) is 1.88. The van der Waals surface area contributed by atoms with Gasteiger partial charge in [0.25, 0.3) is 0 Å². The lowest BCUT2D eigenvalue weighted by Crippen LogP contribution is -2.32. The number of methoxy groups -OCH3 is 1. The van der Waals surface area contributed by atoms with Gasteiger partial charge in [0.1, 0.15) is 0 Å². The lowest BCUT2D eigenvalue weighted by Gasteiger charge is -2.15. The van der Waals surface area contributed by atoms with Gasteiger partial charge in [-0.3, -0.25) is 0 Å². The smallest absolute Gasteiger partial charge is 0.152 e. The van der Waals surface area contributed by atoms with Crippen LogP contribution in [0.15, 0.2) is 28.7 Å². The van der Waals surface area contributed by atoms with Crippen LogP contribution in [0.1, 0.15) is 11.5 Å². The maximum Gasteiger partial charge on any atom is 0.152 e. The van der Waals surface area contributed by atoms with Gasteiger partial charge in [-0.15, -0.1) is 0 Å². The molecule has 20 heavy (non-hydrogen) atoms. The molecule has 0 aliphatic heterocycles. The summed E-state index contributed by atoms with van der Waals surface area (Å²) in [6.07, 6.45) is 1.22. The largest absolute Gasteiger partial charge is 0.393 e. The number of hydrogen-bond acceptors (Lipinski definition) is 4. The third kappa shape index (κ3) is 2.52. The Labute approximate surface area is 132 Å². The van der Waals surface area contributed by atoms with Crippen molar-refractivity contribution in [3.8, 4) is 0 Å². The van der Waals surface area contributed by atoms with Crippen molar-refractivity contribution in [2.24, 2.45) is 11.1 Å².